The number of aliphatic carboxylic acids is 1. The lowest BCUT2D eigenvalue weighted by Crippen LogP contribution is -2.70. The second kappa shape index (κ2) is 2.92. The Labute approximate surface area is 82.5 Å². The first-order valence-electron chi connectivity index (χ1n) is 5.08. The second-order valence-corrected chi connectivity index (χ2v) is 5.00. The van der Waals surface area contributed by atoms with Crippen LogP contribution in [0.25, 0.3) is 0 Å². The van der Waals surface area contributed by atoms with Gasteiger partial charge in [-0.15, -0.1) is 0 Å². The van der Waals surface area contributed by atoms with Crippen molar-refractivity contribution >= 4 is 5.97 Å². The van der Waals surface area contributed by atoms with Gasteiger partial charge in [-0.05, 0) is 42.9 Å². The van der Waals surface area contributed by atoms with Gasteiger partial charge in [0.25, 0.3) is 0 Å². The number of carbonyl (C=O) groups is 1. The van der Waals surface area contributed by atoms with E-state index in [1.807, 2.05) is 0 Å². The number of hydrogen-bond acceptors (Lipinski definition) is 2. The summed E-state index contributed by atoms with van der Waals surface area (Å²) in [5, 5.41) is 8.78. The number of carboxylic acid groups (broad SMARTS) is 1. The predicted octanol–water partition coefficient (Wildman–Crippen LogP) is 1.32. The quantitative estimate of drug-likeness (QED) is 0.705. The van der Waals surface area contributed by atoms with E-state index in [2.05, 4.69) is 0 Å². The van der Waals surface area contributed by atoms with Crippen LogP contribution in [-0.2, 0) is 4.79 Å². The van der Waals surface area contributed by atoms with Gasteiger partial charge in [-0.2, -0.15) is 0 Å². The Hall–Kier alpha value is -0.640. The van der Waals surface area contributed by atoms with E-state index in [1.54, 1.807) is 0 Å². The number of rotatable bonds is 5. The largest absolute Gasteiger partial charge is 0.480 e. The second-order valence-electron chi connectivity index (χ2n) is 5.00. The zero-order valence-electron chi connectivity index (χ0n) is 8.13. The molecule has 3 rings (SSSR count). The number of carboxylic acids is 1. The van der Waals surface area contributed by atoms with Crippen LogP contribution in [0, 0.1) is 10.8 Å². The van der Waals surface area contributed by atoms with Gasteiger partial charge in [-0.25, -0.2) is 0 Å². The van der Waals surface area contributed by atoms with Gasteiger partial charge < -0.3 is 10.8 Å². The molecule has 4 heteroatoms. The summed E-state index contributed by atoms with van der Waals surface area (Å²) in [7, 11) is 0. The Balaban J connectivity index is 1.85. The maximum Gasteiger partial charge on any atom is 0.321 e. The van der Waals surface area contributed by atoms with Crippen LogP contribution in [-0.4, -0.2) is 23.8 Å². The monoisotopic (exact) mass is 201 g/mol. The summed E-state index contributed by atoms with van der Waals surface area (Å²) in [5.74, 6) is -0.899. The molecule has 2 bridgehead atoms. The molecule has 3 N–H and O–H groups in total. The number of halogens is 1. The molecule has 0 aromatic heterocycles. The standard InChI is InChI=1S/C10H16FNO2/c11-3-1-2-9-4-10(5-9,6-9)7(12)8(13)14/h7H,1-6,12H2,(H,13,14). The zero-order chi connectivity index (χ0) is 10.4. The van der Waals surface area contributed by atoms with Crippen molar-refractivity contribution in [3.8, 4) is 0 Å². The molecule has 0 aromatic carbocycles. The lowest BCUT2D eigenvalue weighted by molar-refractivity contribution is -0.224. The molecular weight excluding hydrogens is 185 g/mol. The third-order valence-corrected chi connectivity index (χ3v) is 3.95. The van der Waals surface area contributed by atoms with E-state index in [1.165, 1.54) is 0 Å². The number of alkyl halides is 1. The molecule has 1 unspecified atom stereocenters. The molecule has 0 saturated heterocycles. The van der Waals surface area contributed by atoms with Gasteiger partial charge >= 0.3 is 5.97 Å². The fourth-order valence-electron chi connectivity index (χ4n) is 3.38. The smallest absolute Gasteiger partial charge is 0.321 e. The number of hydrogen-bond donors (Lipinski definition) is 2. The molecular formula is C10H16FNO2. The van der Waals surface area contributed by atoms with Crippen LogP contribution in [0.3, 0.4) is 0 Å². The SMILES string of the molecule is NC(C(=O)O)C12CC(CCCF)(C1)C2. The van der Waals surface area contributed by atoms with Gasteiger partial charge in [0, 0.05) is 0 Å². The molecule has 80 valence electrons. The van der Waals surface area contributed by atoms with E-state index in [9.17, 15) is 9.18 Å². The first-order valence-corrected chi connectivity index (χ1v) is 5.08. The molecule has 14 heavy (non-hydrogen) atoms. The van der Waals surface area contributed by atoms with Gasteiger partial charge in [-0.1, -0.05) is 0 Å². The molecule has 3 saturated carbocycles. The van der Waals surface area contributed by atoms with Crippen molar-refractivity contribution in [2.45, 2.75) is 38.1 Å². The van der Waals surface area contributed by atoms with Crippen molar-refractivity contribution in [2.24, 2.45) is 16.6 Å². The fraction of sp³-hybridized carbons (Fsp3) is 0.900. The van der Waals surface area contributed by atoms with E-state index in [0.717, 1.165) is 25.7 Å². The van der Waals surface area contributed by atoms with Crippen LogP contribution in [0.4, 0.5) is 4.39 Å². The molecule has 0 aromatic rings. The summed E-state index contributed by atoms with van der Waals surface area (Å²) in [6.07, 6.45) is 4.20. The highest BCUT2D eigenvalue weighted by Gasteiger charge is 2.70. The Morgan fingerprint density at radius 1 is 1.50 bits per heavy atom. The lowest BCUT2D eigenvalue weighted by Gasteiger charge is -2.72. The summed E-state index contributed by atoms with van der Waals surface area (Å²) in [6, 6.07) is -0.713. The Morgan fingerprint density at radius 2 is 2.07 bits per heavy atom. The van der Waals surface area contributed by atoms with Crippen molar-refractivity contribution in [3.63, 3.8) is 0 Å². The summed E-state index contributed by atoms with van der Waals surface area (Å²) < 4.78 is 12.0. The van der Waals surface area contributed by atoms with Gasteiger partial charge in [0.2, 0.25) is 0 Å². The van der Waals surface area contributed by atoms with Crippen molar-refractivity contribution in [1.82, 2.24) is 0 Å². The first kappa shape index (κ1) is 9.90. The molecule has 0 radical (unpaired) electrons. The predicted molar refractivity (Wildman–Crippen MR) is 49.5 cm³/mol. The molecule has 0 spiro atoms. The van der Waals surface area contributed by atoms with Crippen LogP contribution in [0.2, 0.25) is 0 Å². The van der Waals surface area contributed by atoms with Crippen LogP contribution in [0.15, 0.2) is 0 Å². The molecule has 0 amide bonds. The van der Waals surface area contributed by atoms with E-state index in [4.69, 9.17) is 10.8 Å². The lowest BCUT2D eigenvalue weighted by atomic mass is 9.32. The topological polar surface area (TPSA) is 63.3 Å². The van der Waals surface area contributed by atoms with Crippen LogP contribution >= 0.6 is 0 Å². The third kappa shape index (κ3) is 1.16. The van der Waals surface area contributed by atoms with Gasteiger partial charge in [0.15, 0.2) is 0 Å². The van der Waals surface area contributed by atoms with E-state index < -0.39 is 12.0 Å². The molecule has 3 aliphatic rings. The average molecular weight is 201 g/mol. The highest BCUT2D eigenvalue weighted by molar-refractivity contribution is 5.75. The number of nitrogens with two attached hydrogens (primary N) is 1. The zero-order valence-corrected chi connectivity index (χ0v) is 8.13. The molecule has 1 atom stereocenters. The van der Waals surface area contributed by atoms with Gasteiger partial charge in [0.1, 0.15) is 6.04 Å². The molecule has 0 heterocycles. The van der Waals surface area contributed by atoms with E-state index >= 15 is 0 Å². The summed E-state index contributed by atoms with van der Waals surface area (Å²) in [6.45, 7) is -0.264. The van der Waals surface area contributed by atoms with Crippen LogP contribution in [0.5, 0.6) is 0 Å². The first-order chi connectivity index (χ1) is 6.54. The summed E-state index contributed by atoms with van der Waals surface area (Å²) >= 11 is 0. The molecule has 0 aliphatic heterocycles. The molecule has 3 fully saturated rings. The van der Waals surface area contributed by atoms with Crippen molar-refractivity contribution in [2.75, 3.05) is 6.67 Å². The van der Waals surface area contributed by atoms with Crippen LogP contribution in [0.1, 0.15) is 32.1 Å². The van der Waals surface area contributed by atoms with Gasteiger partial charge in [0.05, 0.1) is 6.67 Å². The normalized spacial score (nSPS) is 41.0. The summed E-state index contributed by atoms with van der Waals surface area (Å²) in [5.41, 5.74) is 5.73. The van der Waals surface area contributed by atoms with Crippen molar-refractivity contribution < 1.29 is 14.3 Å². The highest BCUT2D eigenvalue weighted by atomic mass is 19.1. The Kier molecular flexibility index (Phi) is 2.07. The van der Waals surface area contributed by atoms with Gasteiger partial charge in [-0.3, -0.25) is 9.18 Å². The Morgan fingerprint density at radius 3 is 2.50 bits per heavy atom. The molecule has 3 nitrogen and oxygen atoms in total. The Bertz CT molecular complexity index is 247. The minimum Gasteiger partial charge on any atom is -0.480 e. The van der Waals surface area contributed by atoms with Crippen LogP contribution < -0.4 is 5.73 Å². The van der Waals surface area contributed by atoms with Crippen molar-refractivity contribution in [3.05, 3.63) is 0 Å². The van der Waals surface area contributed by atoms with Crippen molar-refractivity contribution in [1.29, 1.82) is 0 Å². The molecule has 3 aliphatic carbocycles. The minimum absolute atomic E-state index is 0.137. The highest BCUT2D eigenvalue weighted by Crippen LogP contribution is 2.76. The van der Waals surface area contributed by atoms with E-state index in [-0.39, 0.29) is 17.5 Å². The fourth-order valence-corrected chi connectivity index (χ4v) is 3.38. The third-order valence-electron chi connectivity index (χ3n) is 3.95. The maximum absolute atomic E-state index is 12.0. The maximum atomic E-state index is 12.0. The van der Waals surface area contributed by atoms with E-state index in [0.29, 0.717) is 6.42 Å². The summed E-state index contributed by atoms with van der Waals surface area (Å²) in [4.78, 5) is 10.7. The minimum atomic E-state index is -0.899. The average Bonchev–Trinajstić information content (AvgIpc) is 1.99.